The fourth-order valence-electron chi connectivity index (χ4n) is 2.11. The van der Waals surface area contributed by atoms with Gasteiger partial charge in [0, 0.05) is 10.8 Å². The number of hydrogen-bond acceptors (Lipinski definition) is 2. The van der Waals surface area contributed by atoms with Crippen LogP contribution in [0.5, 0.6) is 0 Å². The first-order chi connectivity index (χ1) is 10.2. The smallest absolute Gasteiger partial charge is 0.407 e. The number of rotatable bonds is 2. The van der Waals surface area contributed by atoms with E-state index in [1.54, 1.807) is 12.4 Å². The Labute approximate surface area is 130 Å². The average molecular weight is 343 g/mol. The Balaban J connectivity index is 1.81. The molecular formula is C17H13BrNO2+. The molecule has 0 saturated carbocycles. The number of hydrogen-bond donors (Lipinski definition) is 0. The van der Waals surface area contributed by atoms with Gasteiger partial charge in [-0.2, -0.15) is 4.79 Å². The molecule has 104 valence electrons. The molecule has 0 spiro atoms. The first-order valence-corrected chi connectivity index (χ1v) is 7.34. The number of pyridine rings is 1. The van der Waals surface area contributed by atoms with Crippen LogP contribution in [0.3, 0.4) is 0 Å². The van der Waals surface area contributed by atoms with E-state index in [2.05, 4.69) is 15.9 Å². The molecule has 0 saturated heterocycles. The Bertz CT molecular complexity index is 787. The van der Waals surface area contributed by atoms with Crippen LogP contribution in [-0.2, 0) is 11.3 Å². The molecule has 1 heterocycles. The van der Waals surface area contributed by atoms with Crippen LogP contribution >= 0.6 is 15.9 Å². The molecule has 0 atom stereocenters. The van der Waals surface area contributed by atoms with Crippen molar-refractivity contribution in [1.29, 1.82) is 0 Å². The molecule has 3 nitrogen and oxygen atoms in total. The second kappa shape index (κ2) is 6.06. The van der Waals surface area contributed by atoms with Crippen molar-refractivity contribution in [2.24, 2.45) is 0 Å². The van der Waals surface area contributed by atoms with Gasteiger partial charge in [0.2, 0.25) is 0 Å². The van der Waals surface area contributed by atoms with Crippen LogP contribution < -0.4 is 4.57 Å². The van der Waals surface area contributed by atoms with Crippen LogP contribution in [0.1, 0.15) is 5.56 Å². The minimum absolute atomic E-state index is 0.261. The van der Waals surface area contributed by atoms with Crippen molar-refractivity contribution in [3.05, 3.63) is 77.0 Å². The minimum Gasteiger partial charge on any atom is -0.407 e. The van der Waals surface area contributed by atoms with Crippen molar-refractivity contribution in [2.45, 2.75) is 6.61 Å². The molecular weight excluding hydrogens is 330 g/mol. The molecule has 0 aliphatic rings. The molecule has 1 aromatic heterocycles. The predicted octanol–water partition coefficient (Wildman–Crippen LogP) is 4.07. The third-order valence-corrected chi connectivity index (χ3v) is 3.80. The fourth-order valence-corrected chi connectivity index (χ4v) is 2.69. The summed E-state index contributed by atoms with van der Waals surface area (Å²) in [4.78, 5) is 12.1. The van der Waals surface area contributed by atoms with Gasteiger partial charge in [0.25, 0.3) is 0 Å². The van der Waals surface area contributed by atoms with Crippen LogP contribution in [0, 0.1) is 0 Å². The molecule has 2 aromatic carbocycles. The number of carbonyl (C=O) groups is 1. The lowest BCUT2D eigenvalue weighted by Crippen LogP contribution is -2.42. The highest BCUT2D eigenvalue weighted by Gasteiger charge is 2.18. The second-order valence-corrected chi connectivity index (χ2v) is 5.50. The van der Waals surface area contributed by atoms with Gasteiger partial charge in [-0.25, -0.2) is 0 Å². The summed E-state index contributed by atoms with van der Waals surface area (Å²) in [7, 11) is 0. The van der Waals surface area contributed by atoms with E-state index in [4.69, 9.17) is 4.74 Å². The molecule has 0 amide bonds. The molecule has 3 rings (SSSR count). The Hall–Kier alpha value is -2.20. The van der Waals surface area contributed by atoms with Gasteiger partial charge < -0.3 is 4.74 Å². The van der Waals surface area contributed by atoms with Gasteiger partial charge in [-0.3, -0.25) is 0 Å². The van der Waals surface area contributed by atoms with E-state index < -0.39 is 6.09 Å². The number of carbonyl (C=O) groups excluding carboxylic acids is 1. The van der Waals surface area contributed by atoms with Crippen LogP contribution in [0.4, 0.5) is 4.79 Å². The van der Waals surface area contributed by atoms with E-state index in [1.807, 2.05) is 54.6 Å². The summed E-state index contributed by atoms with van der Waals surface area (Å²) < 4.78 is 7.63. The number of benzene rings is 2. The van der Waals surface area contributed by atoms with E-state index >= 15 is 0 Å². The SMILES string of the molecule is O=C(OCc1ccccc1)[n+]1cc(Br)c2ccccc2c1. The zero-order valence-corrected chi connectivity index (χ0v) is 12.8. The van der Waals surface area contributed by atoms with Crippen molar-refractivity contribution in [3.8, 4) is 0 Å². The molecule has 0 N–H and O–H groups in total. The van der Waals surface area contributed by atoms with Crippen LogP contribution in [0.25, 0.3) is 10.8 Å². The maximum Gasteiger partial charge on any atom is 0.602 e. The number of nitrogens with zero attached hydrogens (tertiary/aromatic N) is 1. The third kappa shape index (κ3) is 3.11. The number of aromatic nitrogens is 1. The monoisotopic (exact) mass is 342 g/mol. The quantitative estimate of drug-likeness (QED) is 0.657. The zero-order valence-electron chi connectivity index (χ0n) is 11.2. The maximum absolute atomic E-state index is 12.1. The predicted molar refractivity (Wildman–Crippen MR) is 83.9 cm³/mol. The summed E-state index contributed by atoms with van der Waals surface area (Å²) >= 11 is 3.48. The topological polar surface area (TPSA) is 30.2 Å². The summed E-state index contributed by atoms with van der Waals surface area (Å²) in [5, 5.41) is 2.04. The van der Waals surface area contributed by atoms with Crippen LogP contribution in [-0.4, -0.2) is 6.09 Å². The summed E-state index contributed by atoms with van der Waals surface area (Å²) in [5.74, 6) is 0. The van der Waals surface area contributed by atoms with Crippen molar-refractivity contribution < 1.29 is 14.1 Å². The van der Waals surface area contributed by atoms with Gasteiger partial charge in [-0.1, -0.05) is 53.1 Å². The minimum atomic E-state index is -0.398. The first kappa shape index (κ1) is 13.8. The van der Waals surface area contributed by atoms with Crippen molar-refractivity contribution in [1.82, 2.24) is 0 Å². The van der Waals surface area contributed by atoms with Crippen molar-refractivity contribution in [3.63, 3.8) is 0 Å². The van der Waals surface area contributed by atoms with Gasteiger partial charge >= 0.3 is 6.09 Å². The summed E-state index contributed by atoms with van der Waals surface area (Å²) in [6, 6.07) is 17.5. The van der Waals surface area contributed by atoms with E-state index in [1.165, 1.54) is 4.57 Å². The molecule has 3 aromatic rings. The lowest BCUT2D eigenvalue weighted by molar-refractivity contribution is -0.585. The Morgan fingerprint density at radius 3 is 2.52 bits per heavy atom. The largest absolute Gasteiger partial charge is 0.602 e. The van der Waals surface area contributed by atoms with Gasteiger partial charge in [0.1, 0.15) is 6.61 Å². The molecule has 0 radical (unpaired) electrons. The van der Waals surface area contributed by atoms with Gasteiger partial charge in [-0.05, 0) is 27.6 Å². The molecule has 0 fully saturated rings. The van der Waals surface area contributed by atoms with E-state index in [-0.39, 0.29) is 6.61 Å². The Morgan fingerprint density at radius 1 is 1.00 bits per heavy atom. The first-order valence-electron chi connectivity index (χ1n) is 6.54. The van der Waals surface area contributed by atoms with E-state index in [0.29, 0.717) is 0 Å². The molecule has 0 bridgehead atoms. The van der Waals surface area contributed by atoms with Gasteiger partial charge in [0.15, 0.2) is 12.4 Å². The molecule has 21 heavy (non-hydrogen) atoms. The fraction of sp³-hybridized carbons (Fsp3) is 0.0588. The normalized spacial score (nSPS) is 10.5. The summed E-state index contributed by atoms with van der Waals surface area (Å²) in [6.07, 6.45) is 3.09. The van der Waals surface area contributed by atoms with Crippen LogP contribution in [0.2, 0.25) is 0 Å². The lowest BCUT2D eigenvalue weighted by atomic mass is 10.2. The molecule has 0 aliphatic heterocycles. The summed E-state index contributed by atoms with van der Waals surface area (Å²) in [5.41, 5.74) is 0.964. The summed E-state index contributed by atoms with van der Waals surface area (Å²) in [6.45, 7) is 0.261. The van der Waals surface area contributed by atoms with Gasteiger partial charge in [-0.15, -0.1) is 0 Å². The number of ether oxygens (including phenoxy) is 1. The van der Waals surface area contributed by atoms with Crippen LogP contribution in [0.15, 0.2) is 71.5 Å². The Kier molecular flexibility index (Phi) is 3.97. The molecule has 0 unspecified atom stereocenters. The lowest BCUT2D eigenvalue weighted by Gasteiger charge is -2.02. The molecule has 4 heteroatoms. The Morgan fingerprint density at radius 2 is 1.71 bits per heavy atom. The zero-order chi connectivity index (χ0) is 14.7. The second-order valence-electron chi connectivity index (χ2n) is 4.64. The number of halogens is 1. The van der Waals surface area contributed by atoms with E-state index in [0.717, 1.165) is 20.8 Å². The highest BCUT2D eigenvalue weighted by molar-refractivity contribution is 9.10. The third-order valence-electron chi connectivity index (χ3n) is 3.16. The van der Waals surface area contributed by atoms with Crippen molar-refractivity contribution in [2.75, 3.05) is 0 Å². The molecule has 0 aliphatic carbocycles. The maximum atomic E-state index is 12.1. The van der Waals surface area contributed by atoms with Crippen molar-refractivity contribution >= 4 is 32.8 Å². The highest BCUT2D eigenvalue weighted by atomic mass is 79.9. The van der Waals surface area contributed by atoms with E-state index in [9.17, 15) is 4.79 Å². The van der Waals surface area contributed by atoms with Gasteiger partial charge in [0.05, 0.1) is 4.47 Å². The standard InChI is InChI=1S/C17H13BrNO2/c18-16-11-19(10-14-8-4-5-9-15(14)16)17(20)21-12-13-6-2-1-3-7-13/h1-11H,12H2/q+1. The number of fused-ring (bicyclic) bond motifs is 1. The average Bonchev–Trinajstić information content (AvgIpc) is 2.53. The highest BCUT2D eigenvalue weighted by Crippen LogP contribution is 2.21.